The molecule has 0 aliphatic carbocycles. The maximum atomic E-state index is 2.15. The van der Waals surface area contributed by atoms with Gasteiger partial charge in [-0.15, -0.1) is 0 Å². The van der Waals surface area contributed by atoms with Crippen LogP contribution in [0.5, 0.6) is 0 Å². The van der Waals surface area contributed by atoms with Crippen molar-refractivity contribution in [3.05, 3.63) is 71.8 Å². The van der Waals surface area contributed by atoms with Gasteiger partial charge in [0.15, 0.2) is 17.6 Å². The predicted octanol–water partition coefficient (Wildman–Crippen LogP) is 2.97. The van der Waals surface area contributed by atoms with Crippen LogP contribution in [-0.2, 0) is 11.4 Å². The molecule has 0 saturated carbocycles. The second-order valence-corrected chi connectivity index (χ2v) is 4.08. The molecule has 0 atom stereocenters. The van der Waals surface area contributed by atoms with Gasteiger partial charge in [0, 0.05) is 11.1 Å². The van der Waals surface area contributed by atoms with Gasteiger partial charge in [-0.05, 0) is 24.3 Å². The fraction of sp³-hybridized carbons (Fsp3) is 0.0714. The van der Waals surface area contributed by atoms with Crippen molar-refractivity contribution in [2.24, 2.45) is 0 Å². The van der Waals surface area contributed by atoms with Crippen LogP contribution in [0.25, 0.3) is 0 Å². The monoisotopic (exact) mass is 213 g/mol. The minimum absolute atomic E-state index is 1.29. The lowest BCUT2D eigenvalue weighted by Gasteiger charge is -1.97. The Morgan fingerprint density at radius 3 is 1.47 bits per heavy atom. The van der Waals surface area contributed by atoms with E-state index in [1.807, 2.05) is 12.1 Å². The minimum Gasteiger partial charge on any atom is -0.0622 e. The predicted molar refractivity (Wildman–Crippen MR) is 69.4 cm³/mol. The first-order valence-corrected chi connectivity index (χ1v) is 6.16. The SMILES string of the molecule is C[S+]=C(c1ccccc1)c1ccccc1. The van der Waals surface area contributed by atoms with Gasteiger partial charge in [-0.25, -0.2) is 0 Å². The van der Waals surface area contributed by atoms with Crippen molar-refractivity contribution in [1.82, 2.24) is 0 Å². The summed E-state index contributed by atoms with van der Waals surface area (Å²) >= 11 is 1.79. The van der Waals surface area contributed by atoms with E-state index in [4.69, 9.17) is 0 Å². The van der Waals surface area contributed by atoms with Crippen molar-refractivity contribution in [3.63, 3.8) is 0 Å². The lowest BCUT2D eigenvalue weighted by Crippen LogP contribution is -2.03. The average molecular weight is 213 g/mol. The molecular formula is C14H13S+. The third-order valence-corrected chi connectivity index (χ3v) is 3.16. The van der Waals surface area contributed by atoms with E-state index in [0.717, 1.165) is 0 Å². The Hall–Kier alpha value is -1.47. The number of hydrogen-bond donors (Lipinski definition) is 0. The Labute approximate surface area is 94.5 Å². The summed E-state index contributed by atoms with van der Waals surface area (Å²) in [6.45, 7) is 0. The van der Waals surface area contributed by atoms with Crippen LogP contribution in [0.4, 0.5) is 0 Å². The number of hydrogen-bond acceptors (Lipinski definition) is 0. The first-order chi connectivity index (χ1) is 7.42. The fourth-order valence-corrected chi connectivity index (χ4v) is 2.32. The molecule has 0 heterocycles. The molecule has 74 valence electrons. The van der Waals surface area contributed by atoms with E-state index in [2.05, 4.69) is 54.8 Å². The van der Waals surface area contributed by atoms with Crippen LogP contribution in [0.3, 0.4) is 0 Å². The van der Waals surface area contributed by atoms with Gasteiger partial charge in [0.05, 0.1) is 0 Å². The van der Waals surface area contributed by atoms with Gasteiger partial charge in [0.25, 0.3) is 0 Å². The molecule has 1 heteroatoms. The Morgan fingerprint density at radius 1 is 0.733 bits per heavy atom. The summed E-state index contributed by atoms with van der Waals surface area (Å²) in [7, 11) is 0. The van der Waals surface area contributed by atoms with Crippen molar-refractivity contribution < 1.29 is 0 Å². The zero-order valence-electron chi connectivity index (χ0n) is 8.68. The lowest BCUT2D eigenvalue weighted by atomic mass is 10.1. The Kier molecular flexibility index (Phi) is 3.25. The molecule has 0 aliphatic rings. The highest BCUT2D eigenvalue weighted by atomic mass is 32.1. The zero-order chi connectivity index (χ0) is 10.5. The molecular weight excluding hydrogens is 200 g/mol. The minimum atomic E-state index is 1.29. The fourth-order valence-electron chi connectivity index (χ4n) is 1.58. The number of benzene rings is 2. The Morgan fingerprint density at radius 2 is 1.13 bits per heavy atom. The molecule has 0 radical (unpaired) electrons. The van der Waals surface area contributed by atoms with Crippen molar-refractivity contribution in [3.8, 4) is 0 Å². The van der Waals surface area contributed by atoms with Gasteiger partial charge in [-0.2, -0.15) is 0 Å². The molecule has 0 N–H and O–H groups in total. The standard InChI is InChI=1S/C14H13S/c1-15-14(12-8-4-2-5-9-12)13-10-6-3-7-11-13/h2-11H,1H3/q+1. The summed E-state index contributed by atoms with van der Waals surface area (Å²) in [5.41, 5.74) is 2.58. The summed E-state index contributed by atoms with van der Waals surface area (Å²) in [5.74, 6) is 0. The van der Waals surface area contributed by atoms with Crippen LogP contribution >= 0.6 is 0 Å². The van der Waals surface area contributed by atoms with Crippen molar-refractivity contribution >= 4 is 16.2 Å². The molecule has 0 nitrogen and oxygen atoms in total. The van der Waals surface area contributed by atoms with Crippen LogP contribution in [0, 0.1) is 0 Å². The van der Waals surface area contributed by atoms with Gasteiger partial charge >= 0.3 is 0 Å². The van der Waals surface area contributed by atoms with E-state index in [1.54, 1.807) is 11.4 Å². The van der Waals surface area contributed by atoms with Crippen LogP contribution in [0.2, 0.25) is 0 Å². The molecule has 0 spiro atoms. The largest absolute Gasteiger partial charge is 0.238 e. The molecule has 15 heavy (non-hydrogen) atoms. The van der Waals surface area contributed by atoms with E-state index >= 15 is 0 Å². The van der Waals surface area contributed by atoms with E-state index < -0.39 is 0 Å². The quantitative estimate of drug-likeness (QED) is 0.409. The van der Waals surface area contributed by atoms with E-state index in [1.165, 1.54) is 16.0 Å². The maximum Gasteiger partial charge on any atom is 0.238 e. The van der Waals surface area contributed by atoms with Gasteiger partial charge in [-0.1, -0.05) is 36.4 Å². The van der Waals surface area contributed by atoms with Crippen LogP contribution in [0.15, 0.2) is 60.7 Å². The third kappa shape index (κ3) is 2.31. The Balaban J connectivity index is 2.44. The zero-order valence-corrected chi connectivity index (χ0v) is 9.50. The first-order valence-electron chi connectivity index (χ1n) is 4.93. The summed E-state index contributed by atoms with van der Waals surface area (Å²) < 4.78 is 0. The summed E-state index contributed by atoms with van der Waals surface area (Å²) in [6.07, 6.45) is 2.12. The van der Waals surface area contributed by atoms with Crippen LogP contribution in [0.1, 0.15) is 11.1 Å². The average Bonchev–Trinajstić information content (AvgIpc) is 2.33. The highest BCUT2D eigenvalue weighted by molar-refractivity contribution is 7.78. The van der Waals surface area contributed by atoms with Crippen LogP contribution < -0.4 is 0 Å². The highest BCUT2D eigenvalue weighted by Gasteiger charge is 2.12. The van der Waals surface area contributed by atoms with Gasteiger partial charge in [0.2, 0.25) is 4.86 Å². The van der Waals surface area contributed by atoms with Gasteiger partial charge in [-0.3, -0.25) is 0 Å². The highest BCUT2D eigenvalue weighted by Crippen LogP contribution is 2.09. The second kappa shape index (κ2) is 4.85. The lowest BCUT2D eigenvalue weighted by molar-refractivity contribution is 1.62. The Bertz CT molecular complexity index is 402. The molecule has 0 aliphatic heterocycles. The van der Waals surface area contributed by atoms with E-state index in [-0.39, 0.29) is 0 Å². The summed E-state index contributed by atoms with van der Waals surface area (Å²) in [4.78, 5) is 1.33. The van der Waals surface area contributed by atoms with Gasteiger partial charge < -0.3 is 0 Å². The molecule has 0 unspecified atom stereocenters. The second-order valence-electron chi connectivity index (χ2n) is 3.27. The van der Waals surface area contributed by atoms with Crippen molar-refractivity contribution in [2.45, 2.75) is 0 Å². The summed E-state index contributed by atoms with van der Waals surface area (Å²) in [5, 5.41) is 0. The summed E-state index contributed by atoms with van der Waals surface area (Å²) in [6, 6.07) is 21.0. The van der Waals surface area contributed by atoms with E-state index in [9.17, 15) is 0 Å². The molecule has 2 rings (SSSR count). The third-order valence-electron chi connectivity index (χ3n) is 2.28. The molecule has 2 aromatic carbocycles. The molecule has 2 aromatic rings. The maximum absolute atomic E-state index is 2.15. The molecule has 0 bridgehead atoms. The van der Waals surface area contributed by atoms with Crippen molar-refractivity contribution in [1.29, 1.82) is 0 Å². The smallest absolute Gasteiger partial charge is 0.0622 e. The first kappa shape index (κ1) is 10.1. The molecule has 0 amide bonds. The van der Waals surface area contributed by atoms with E-state index in [0.29, 0.717) is 0 Å². The number of rotatable bonds is 2. The van der Waals surface area contributed by atoms with Crippen molar-refractivity contribution in [2.75, 3.05) is 6.26 Å². The van der Waals surface area contributed by atoms with Gasteiger partial charge in [0.1, 0.15) is 0 Å². The van der Waals surface area contributed by atoms with Crippen LogP contribution in [-0.4, -0.2) is 11.1 Å². The molecule has 0 saturated heterocycles. The molecule has 0 fully saturated rings. The normalized spacial score (nSPS) is 9.67. The molecule has 0 aromatic heterocycles. The topological polar surface area (TPSA) is 0 Å².